The zero-order valence-electron chi connectivity index (χ0n) is 31.9. The molecule has 0 radical (unpaired) electrons. The molecule has 0 nitrogen and oxygen atoms in total. The summed E-state index contributed by atoms with van der Waals surface area (Å²) in [5.41, 5.74) is 14.7. The van der Waals surface area contributed by atoms with Crippen molar-refractivity contribution in [3.63, 3.8) is 0 Å². The van der Waals surface area contributed by atoms with E-state index in [4.69, 9.17) is 0 Å². The van der Waals surface area contributed by atoms with E-state index < -0.39 is 0 Å². The van der Waals surface area contributed by atoms with Crippen LogP contribution in [-0.4, -0.2) is 0 Å². The fourth-order valence-corrected chi connectivity index (χ4v) is 9.21. The van der Waals surface area contributed by atoms with Crippen molar-refractivity contribution in [1.29, 1.82) is 0 Å². The van der Waals surface area contributed by atoms with Gasteiger partial charge in [0.15, 0.2) is 0 Å². The molecule has 0 amide bonds. The van der Waals surface area contributed by atoms with Gasteiger partial charge in [0.2, 0.25) is 0 Å². The third kappa shape index (κ3) is 5.78. The van der Waals surface area contributed by atoms with Crippen LogP contribution in [0.1, 0.15) is 0 Å². The molecule has 0 unspecified atom stereocenters. The molecule has 0 bridgehead atoms. The minimum Gasteiger partial charge on any atom is -0.0622 e. The maximum atomic E-state index is 2.45. The molecular formula is C58H38. The van der Waals surface area contributed by atoms with Gasteiger partial charge in [-0.15, -0.1) is 0 Å². The molecule has 0 aliphatic carbocycles. The summed E-state index contributed by atoms with van der Waals surface area (Å²) in [6.07, 6.45) is 0. The summed E-state index contributed by atoms with van der Waals surface area (Å²) < 4.78 is 0. The Balaban J connectivity index is 1.20. The van der Waals surface area contributed by atoms with Gasteiger partial charge in [0.25, 0.3) is 0 Å². The van der Waals surface area contributed by atoms with Crippen molar-refractivity contribution < 1.29 is 0 Å². The second-order valence-electron chi connectivity index (χ2n) is 15.2. The highest BCUT2D eigenvalue weighted by molar-refractivity contribution is 6.22. The average molecular weight is 735 g/mol. The van der Waals surface area contributed by atoms with Crippen LogP contribution in [0.3, 0.4) is 0 Å². The van der Waals surface area contributed by atoms with Crippen molar-refractivity contribution in [2.24, 2.45) is 0 Å². The first-order valence-electron chi connectivity index (χ1n) is 20.1. The van der Waals surface area contributed by atoms with Gasteiger partial charge in [-0.25, -0.2) is 0 Å². The molecule has 0 heterocycles. The lowest BCUT2D eigenvalue weighted by molar-refractivity contribution is 1.59. The Morgan fingerprint density at radius 1 is 0.172 bits per heavy atom. The van der Waals surface area contributed by atoms with Crippen molar-refractivity contribution in [2.45, 2.75) is 0 Å². The molecule has 0 fully saturated rings. The smallest absolute Gasteiger partial charge is 0.00259 e. The van der Waals surface area contributed by atoms with Crippen LogP contribution in [0, 0.1) is 0 Å². The van der Waals surface area contributed by atoms with E-state index >= 15 is 0 Å². The molecule has 0 atom stereocenters. The summed E-state index contributed by atoms with van der Waals surface area (Å²) in [7, 11) is 0. The Morgan fingerprint density at radius 2 is 0.534 bits per heavy atom. The van der Waals surface area contributed by atoms with Crippen LogP contribution < -0.4 is 0 Å². The van der Waals surface area contributed by atoms with Crippen molar-refractivity contribution in [2.75, 3.05) is 0 Å². The molecule has 11 aromatic rings. The maximum Gasteiger partial charge on any atom is -0.00259 e. The Kier molecular flexibility index (Phi) is 8.26. The molecular weight excluding hydrogens is 697 g/mol. The summed E-state index contributed by atoms with van der Waals surface area (Å²) >= 11 is 0. The lowest BCUT2D eigenvalue weighted by Crippen LogP contribution is -1.93. The minimum atomic E-state index is 1.20. The van der Waals surface area contributed by atoms with Crippen LogP contribution in [0.25, 0.3) is 110 Å². The molecule has 0 aliphatic heterocycles. The molecule has 58 heavy (non-hydrogen) atoms. The largest absolute Gasteiger partial charge is 0.0622 e. The van der Waals surface area contributed by atoms with E-state index in [1.165, 1.54) is 110 Å². The third-order valence-electron chi connectivity index (χ3n) is 11.9. The number of fused-ring (bicyclic) bond motifs is 4. The van der Waals surface area contributed by atoms with E-state index in [0.29, 0.717) is 0 Å². The van der Waals surface area contributed by atoms with Gasteiger partial charge in [-0.1, -0.05) is 212 Å². The predicted molar refractivity (Wildman–Crippen MR) is 249 cm³/mol. The van der Waals surface area contributed by atoms with E-state index in [1.807, 2.05) is 0 Å². The highest BCUT2D eigenvalue weighted by Crippen LogP contribution is 2.47. The number of benzene rings is 11. The molecule has 0 saturated heterocycles. The normalized spacial score (nSPS) is 11.4. The van der Waals surface area contributed by atoms with Crippen LogP contribution >= 0.6 is 0 Å². The molecule has 0 saturated carbocycles. The predicted octanol–water partition coefficient (Wildman–Crippen LogP) is 16.3. The average Bonchev–Trinajstić information content (AvgIpc) is 3.30. The summed E-state index contributed by atoms with van der Waals surface area (Å²) in [6, 6.07) is 84.7. The molecule has 0 heteroatoms. The minimum absolute atomic E-state index is 1.20. The first-order valence-corrected chi connectivity index (χ1v) is 20.1. The number of hydrogen-bond donors (Lipinski definition) is 0. The van der Waals surface area contributed by atoms with Crippen molar-refractivity contribution in [3.05, 3.63) is 231 Å². The SMILES string of the molecule is c1ccc(-c2ccccc2-c2ccc3c(-c4cccc(-c5cccc6ccccc56)c4)c4ccccc4c(-c4cccc(-c5cccc6ccccc56)c4)c3c2)cc1. The molecule has 11 rings (SSSR count). The summed E-state index contributed by atoms with van der Waals surface area (Å²) in [4.78, 5) is 0. The molecule has 270 valence electrons. The van der Waals surface area contributed by atoms with E-state index in [1.54, 1.807) is 0 Å². The molecule has 11 aromatic carbocycles. The Morgan fingerprint density at radius 3 is 1.12 bits per heavy atom. The van der Waals surface area contributed by atoms with Gasteiger partial charge in [0.05, 0.1) is 0 Å². The topological polar surface area (TPSA) is 0 Å². The number of hydrogen-bond acceptors (Lipinski definition) is 0. The van der Waals surface area contributed by atoms with Gasteiger partial charge in [0.1, 0.15) is 0 Å². The van der Waals surface area contributed by atoms with Gasteiger partial charge >= 0.3 is 0 Å². The molecule has 0 aromatic heterocycles. The van der Waals surface area contributed by atoms with Crippen LogP contribution in [0.5, 0.6) is 0 Å². The summed E-state index contributed by atoms with van der Waals surface area (Å²) in [6.45, 7) is 0. The second kappa shape index (κ2) is 14.2. The lowest BCUT2D eigenvalue weighted by atomic mass is 9.83. The summed E-state index contributed by atoms with van der Waals surface area (Å²) in [5.74, 6) is 0. The molecule has 0 N–H and O–H groups in total. The lowest BCUT2D eigenvalue weighted by Gasteiger charge is -2.20. The van der Waals surface area contributed by atoms with Crippen molar-refractivity contribution in [3.8, 4) is 66.8 Å². The number of rotatable bonds is 6. The van der Waals surface area contributed by atoms with Gasteiger partial charge in [-0.3, -0.25) is 0 Å². The van der Waals surface area contributed by atoms with Gasteiger partial charge in [-0.2, -0.15) is 0 Å². The Labute approximate surface area is 339 Å². The van der Waals surface area contributed by atoms with E-state index in [0.717, 1.165) is 0 Å². The summed E-state index contributed by atoms with van der Waals surface area (Å²) in [5, 5.41) is 9.98. The van der Waals surface area contributed by atoms with E-state index in [-0.39, 0.29) is 0 Å². The van der Waals surface area contributed by atoms with Gasteiger partial charge < -0.3 is 0 Å². The standard InChI is InChI=1S/C58H38/c1-2-16-39(17-3-1)47-28-8-9-29-50(47)44-34-35-55-56(38-44)58(46-25-13-23-43(37-46)52-33-15-21-41-19-5-7-27-49(41)52)54-31-11-10-30-53(54)57(55)45-24-12-22-42(36-45)51-32-14-20-40-18-4-6-26-48(40)51/h1-38H. The second-order valence-corrected chi connectivity index (χ2v) is 15.2. The first-order chi connectivity index (χ1) is 28.8. The van der Waals surface area contributed by atoms with Crippen molar-refractivity contribution in [1.82, 2.24) is 0 Å². The van der Waals surface area contributed by atoms with E-state index in [9.17, 15) is 0 Å². The molecule has 0 aliphatic rings. The first kappa shape index (κ1) is 33.8. The van der Waals surface area contributed by atoms with Crippen LogP contribution in [0.15, 0.2) is 231 Å². The zero-order chi connectivity index (χ0) is 38.4. The maximum absolute atomic E-state index is 2.45. The Hall–Kier alpha value is -7.54. The van der Waals surface area contributed by atoms with Gasteiger partial charge in [0, 0.05) is 0 Å². The highest BCUT2D eigenvalue weighted by atomic mass is 14.2. The highest BCUT2D eigenvalue weighted by Gasteiger charge is 2.20. The zero-order valence-corrected chi connectivity index (χ0v) is 31.9. The van der Waals surface area contributed by atoms with Crippen LogP contribution in [0.4, 0.5) is 0 Å². The fourth-order valence-electron chi connectivity index (χ4n) is 9.21. The van der Waals surface area contributed by atoms with Crippen LogP contribution in [-0.2, 0) is 0 Å². The monoisotopic (exact) mass is 734 g/mol. The molecule has 0 spiro atoms. The van der Waals surface area contributed by atoms with Gasteiger partial charge in [-0.05, 0) is 128 Å². The quantitative estimate of drug-likeness (QED) is 0.149. The third-order valence-corrected chi connectivity index (χ3v) is 11.9. The van der Waals surface area contributed by atoms with Crippen LogP contribution in [0.2, 0.25) is 0 Å². The Bertz CT molecular complexity index is 3320. The van der Waals surface area contributed by atoms with E-state index in [2.05, 4.69) is 231 Å². The van der Waals surface area contributed by atoms with Crippen molar-refractivity contribution >= 4 is 43.1 Å². The fraction of sp³-hybridized carbons (Fsp3) is 0.